The van der Waals surface area contributed by atoms with Crippen LogP contribution >= 0.6 is 24.0 Å². The molecule has 1 aliphatic rings. The number of pyridine rings is 1. The van der Waals surface area contributed by atoms with E-state index >= 15 is 0 Å². The van der Waals surface area contributed by atoms with Crippen molar-refractivity contribution in [2.24, 2.45) is 4.99 Å². The van der Waals surface area contributed by atoms with Crippen molar-refractivity contribution in [1.29, 1.82) is 0 Å². The lowest BCUT2D eigenvalue weighted by atomic mass is 10.2. The predicted molar refractivity (Wildman–Crippen MR) is 124 cm³/mol. The first-order valence-electron chi connectivity index (χ1n) is 9.37. The molecule has 0 saturated carbocycles. The van der Waals surface area contributed by atoms with Crippen molar-refractivity contribution < 1.29 is 9.47 Å². The van der Waals surface area contributed by atoms with E-state index in [0.29, 0.717) is 13.2 Å². The molecule has 0 fully saturated rings. The van der Waals surface area contributed by atoms with E-state index in [0.717, 1.165) is 61.3 Å². The number of nitrogens with zero attached hydrogens (tertiary/aromatic N) is 2. The SMILES string of the molecule is CN=C(NCCCCNc1ccccn1)Nc1ccc2c(c1)OCCCO2.I. The highest BCUT2D eigenvalue weighted by atomic mass is 127. The molecule has 0 saturated heterocycles. The van der Waals surface area contributed by atoms with Gasteiger partial charge >= 0.3 is 0 Å². The fourth-order valence-corrected chi connectivity index (χ4v) is 2.70. The number of ether oxygens (including phenoxy) is 2. The Bertz CT molecular complexity index is 743. The molecule has 3 N–H and O–H groups in total. The number of unbranched alkanes of at least 4 members (excludes halogenated alkanes) is 1. The maximum atomic E-state index is 5.73. The third-order valence-electron chi connectivity index (χ3n) is 4.10. The number of hydrogen-bond donors (Lipinski definition) is 3. The Kier molecular flexibility index (Phi) is 9.67. The van der Waals surface area contributed by atoms with Gasteiger partial charge in [-0.2, -0.15) is 0 Å². The number of guanidine groups is 1. The summed E-state index contributed by atoms with van der Waals surface area (Å²) in [6, 6.07) is 11.7. The molecule has 152 valence electrons. The highest BCUT2D eigenvalue weighted by Gasteiger charge is 2.11. The van der Waals surface area contributed by atoms with Crippen molar-refractivity contribution in [3.63, 3.8) is 0 Å². The van der Waals surface area contributed by atoms with Gasteiger partial charge in [-0.15, -0.1) is 24.0 Å². The second kappa shape index (κ2) is 12.3. The maximum absolute atomic E-state index is 5.73. The number of nitrogens with one attached hydrogen (secondary N) is 3. The van der Waals surface area contributed by atoms with Crippen LogP contribution in [0.2, 0.25) is 0 Å². The van der Waals surface area contributed by atoms with Crippen molar-refractivity contribution >= 4 is 41.4 Å². The molecular formula is C20H28IN5O2. The van der Waals surface area contributed by atoms with E-state index in [9.17, 15) is 0 Å². The second-order valence-electron chi connectivity index (χ2n) is 6.18. The van der Waals surface area contributed by atoms with Gasteiger partial charge in [-0.3, -0.25) is 4.99 Å². The van der Waals surface area contributed by atoms with E-state index in [2.05, 4.69) is 25.9 Å². The van der Waals surface area contributed by atoms with E-state index < -0.39 is 0 Å². The summed E-state index contributed by atoms with van der Waals surface area (Å²) in [6.45, 7) is 3.11. The fraction of sp³-hybridized carbons (Fsp3) is 0.400. The Hall–Kier alpha value is -2.23. The largest absolute Gasteiger partial charge is 0.490 e. The predicted octanol–water partition coefficient (Wildman–Crippen LogP) is 3.74. The average Bonchev–Trinajstić information content (AvgIpc) is 2.95. The minimum Gasteiger partial charge on any atom is -0.490 e. The standard InChI is InChI=1S/C20H27N5O2.HI/c1-21-20(24-12-5-4-11-23-19-7-2-3-10-22-19)25-16-8-9-17-18(15-16)27-14-6-13-26-17;/h2-3,7-10,15H,4-6,11-14H2,1H3,(H,22,23)(H2,21,24,25);1H. The first kappa shape index (κ1) is 22.1. The lowest BCUT2D eigenvalue weighted by Crippen LogP contribution is -2.31. The Morgan fingerprint density at radius 3 is 2.68 bits per heavy atom. The number of fused-ring (bicyclic) bond motifs is 1. The molecule has 0 atom stereocenters. The molecule has 0 aliphatic carbocycles. The molecule has 7 nitrogen and oxygen atoms in total. The van der Waals surface area contributed by atoms with Crippen molar-refractivity contribution in [2.45, 2.75) is 19.3 Å². The van der Waals surface area contributed by atoms with E-state index in [1.807, 2.05) is 36.4 Å². The molecule has 8 heteroatoms. The summed E-state index contributed by atoms with van der Waals surface area (Å²) in [5, 5.41) is 9.94. The molecule has 0 spiro atoms. The summed E-state index contributed by atoms with van der Waals surface area (Å²) in [7, 11) is 1.76. The van der Waals surface area contributed by atoms with Crippen LogP contribution in [0.1, 0.15) is 19.3 Å². The highest BCUT2D eigenvalue weighted by Crippen LogP contribution is 2.32. The monoisotopic (exact) mass is 497 g/mol. The molecule has 2 heterocycles. The molecule has 0 unspecified atom stereocenters. The van der Waals surface area contributed by atoms with Crippen LogP contribution in [0.4, 0.5) is 11.5 Å². The van der Waals surface area contributed by atoms with Gasteiger partial charge in [0.2, 0.25) is 0 Å². The Labute approximate surface area is 183 Å². The van der Waals surface area contributed by atoms with Crippen molar-refractivity contribution in [1.82, 2.24) is 10.3 Å². The van der Waals surface area contributed by atoms with Gasteiger partial charge in [0, 0.05) is 44.5 Å². The van der Waals surface area contributed by atoms with Crippen LogP contribution in [-0.4, -0.2) is 44.3 Å². The Morgan fingerprint density at radius 2 is 1.89 bits per heavy atom. The topological polar surface area (TPSA) is 79.8 Å². The van der Waals surface area contributed by atoms with E-state index in [1.165, 1.54) is 0 Å². The molecular weight excluding hydrogens is 469 g/mol. The number of hydrogen-bond acceptors (Lipinski definition) is 5. The molecule has 1 aromatic carbocycles. The van der Waals surface area contributed by atoms with Gasteiger partial charge < -0.3 is 25.4 Å². The maximum Gasteiger partial charge on any atom is 0.195 e. The number of halogens is 1. The zero-order valence-corrected chi connectivity index (χ0v) is 18.4. The summed E-state index contributed by atoms with van der Waals surface area (Å²) < 4.78 is 11.4. The minimum atomic E-state index is 0. The normalized spacial score (nSPS) is 13.1. The van der Waals surface area contributed by atoms with Gasteiger partial charge in [0.15, 0.2) is 17.5 Å². The Balaban J connectivity index is 0.00000280. The lowest BCUT2D eigenvalue weighted by Gasteiger charge is -2.14. The first-order valence-corrected chi connectivity index (χ1v) is 9.37. The first-order chi connectivity index (χ1) is 13.3. The molecule has 1 aliphatic heterocycles. The number of aromatic nitrogens is 1. The third-order valence-corrected chi connectivity index (χ3v) is 4.10. The van der Waals surface area contributed by atoms with Gasteiger partial charge in [0.1, 0.15) is 5.82 Å². The van der Waals surface area contributed by atoms with E-state index in [4.69, 9.17) is 9.47 Å². The van der Waals surface area contributed by atoms with Crippen molar-refractivity contribution in [3.8, 4) is 11.5 Å². The fourth-order valence-electron chi connectivity index (χ4n) is 2.70. The van der Waals surface area contributed by atoms with Crippen LogP contribution in [0.5, 0.6) is 11.5 Å². The summed E-state index contributed by atoms with van der Waals surface area (Å²) >= 11 is 0. The summed E-state index contributed by atoms with van der Waals surface area (Å²) in [4.78, 5) is 8.52. The number of benzene rings is 1. The number of rotatable bonds is 7. The molecule has 28 heavy (non-hydrogen) atoms. The molecule has 2 aromatic rings. The number of anilines is 2. The summed E-state index contributed by atoms with van der Waals surface area (Å²) in [6.07, 6.45) is 4.77. The molecule has 0 bridgehead atoms. The second-order valence-corrected chi connectivity index (χ2v) is 6.18. The number of aliphatic imine (C=N–C) groups is 1. The molecule has 1 aromatic heterocycles. The molecule has 3 rings (SSSR count). The van der Waals surface area contributed by atoms with Gasteiger partial charge in [0.05, 0.1) is 13.2 Å². The van der Waals surface area contributed by atoms with Crippen LogP contribution in [0.3, 0.4) is 0 Å². The average molecular weight is 497 g/mol. The quantitative estimate of drug-likeness (QED) is 0.234. The van der Waals surface area contributed by atoms with Crippen LogP contribution in [0.15, 0.2) is 47.6 Å². The molecule has 0 amide bonds. The third kappa shape index (κ3) is 7.06. The van der Waals surface area contributed by atoms with Gasteiger partial charge in [-0.25, -0.2) is 4.98 Å². The van der Waals surface area contributed by atoms with Crippen LogP contribution in [-0.2, 0) is 0 Å². The lowest BCUT2D eigenvalue weighted by molar-refractivity contribution is 0.297. The molecule has 0 radical (unpaired) electrons. The van der Waals surface area contributed by atoms with Gasteiger partial charge in [-0.05, 0) is 37.1 Å². The van der Waals surface area contributed by atoms with E-state index in [1.54, 1.807) is 13.2 Å². The van der Waals surface area contributed by atoms with Crippen LogP contribution in [0.25, 0.3) is 0 Å². The van der Waals surface area contributed by atoms with Crippen molar-refractivity contribution in [3.05, 3.63) is 42.6 Å². The van der Waals surface area contributed by atoms with Gasteiger partial charge in [-0.1, -0.05) is 6.07 Å². The Morgan fingerprint density at radius 1 is 1.07 bits per heavy atom. The van der Waals surface area contributed by atoms with Crippen LogP contribution in [0, 0.1) is 0 Å². The summed E-state index contributed by atoms with van der Waals surface area (Å²) in [5.74, 6) is 3.22. The van der Waals surface area contributed by atoms with Crippen LogP contribution < -0.4 is 25.4 Å². The zero-order chi connectivity index (χ0) is 18.7. The van der Waals surface area contributed by atoms with Crippen molar-refractivity contribution in [2.75, 3.05) is 44.0 Å². The highest BCUT2D eigenvalue weighted by molar-refractivity contribution is 14.0. The zero-order valence-electron chi connectivity index (χ0n) is 16.1. The smallest absolute Gasteiger partial charge is 0.195 e. The van der Waals surface area contributed by atoms with Gasteiger partial charge in [0.25, 0.3) is 0 Å². The van der Waals surface area contributed by atoms with E-state index in [-0.39, 0.29) is 24.0 Å². The summed E-state index contributed by atoms with van der Waals surface area (Å²) in [5.41, 5.74) is 0.921. The minimum absolute atomic E-state index is 0.